The molecule has 3 unspecified atom stereocenters. The predicted molar refractivity (Wildman–Crippen MR) is 97.0 cm³/mol. The molecule has 1 aliphatic carbocycles. The molecular formula is C18H34N4O2. The Hall–Kier alpha value is -1.30. The second-order valence-electron chi connectivity index (χ2n) is 8.27. The van der Waals surface area contributed by atoms with Crippen LogP contribution < -0.4 is 10.6 Å². The SMILES string of the molecule is CC(C)CNC(=NCC(=O)N(C)C)NC1C2CCCOC2C1(C)C. The number of carbonyl (C=O) groups excluding carboxylic acids is 1. The van der Waals surface area contributed by atoms with E-state index in [0.29, 0.717) is 24.0 Å². The molecule has 138 valence electrons. The fraction of sp³-hybridized carbons (Fsp3) is 0.889. The summed E-state index contributed by atoms with van der Waals surface area (Å²) in [6, 6.07) is 0.329. The van der Waals surface area contributed by atoms with Gasteiger partial charge in [-0.1, -0.05) is 27.7 Å². The molecule has 1 saturated carbocycles. The van der Waals surface area contributed by atoms with E-state index in [0.717, 1.165) is 25.5 Å². The standard InChI is InChI=1S/C18H34N4O2/c1-12(2)10-19-17(20-11-14(23)22(5)6)21-15-13-8-7-9-24-16(13)18(15,3)4/h12-13,15-16H,7-11H2,1-6H3,(H2,19,20,21). The van der Waals surface area contributed by atoms with E-state index in [9.17, 15) is 4.79 Å². The van der Waals surface area contributed by atoms with E-state index >= 15 is 0 Å². The summed E-state index contributed by atoms with van der Waals surface area (Å²) in [7, 11) is 3.51. The number of carbonyl (C=O) groups is 1. The van der Waals surface area contributed by atoms with Crippen LogP contribution in [0.5, 0.6) is 0 Å². The van der Waals surface area contributed by atoms with Crippen molar-refractivity contribution in [2.45, 2.75) is 52.7 Å². The van der Waals surface area contributed by atoms with Gasteiger partial charge in [-0.25, -0.2) is 4.99 Å². The van der Waals surface area contributed by atoms with Crippen molar-refractivity contribution in [1.82, 2.24) is 15.5 Å². The molecule has 3 atom stereocenters. The minimum absolute atomic E-state index is 0.00685. The number of nitrogens with zero attached hydrogens (tertiary/aromatic N) is 2. The summed E-state index contributed by atoms with van der Waals surface area (Å²) in [4.78, 5) is 17.9. The minimum Gasteiger partial charge on any atom is -0.377 e. The van der Waals surface area contributed by atoms with Crippen molar-refractivity contribution in [3.63, 3.8) is 0 Å². The molecule has 24 heavy (non-hydrogen) atoms. The molecule has 2 aliphatic rings. The molecule has 1 amide bonds. The molecule has 1 saturated heterocycles. The number of likely N-dealkylation sites (N-methyl/N-ethyl adjacent to an activating group) is 1. The smallest absolute Gasteiger partial charge is 0.243 e. The number of rotatable bonds is 5. The summed E-state index contributed by atoms with van der Waals surface area (Å²) in [6.07, 6.45) is 2.65. The number of aliphatic imine (C=N–C) groups is 1. The number of ether oxygens (including phenoxy) is 1. The summed E-state index contributed by atoms with van der Waals surface area (Å²) >= 11 is 0. The van der Waals surface area contributed by atoms with Crippen LogP contribution in [0.1, 0.15) is 40.5 Å². The largest absolute Gasteiger partial charge is 0.377 e. The molecular weight excluding hydrogens is 304 g/mol. The van der Waals surface area contributed by atoms with Gasteiger partial charge in [0.05, 0.1) is 6.10 Å². The summed E-state index contributed by atoms with van der Waals surface area (Å²) in [5, 5.41) is 6.95. The second kappa shape index (κ2) is 7.72. The lowest BCUT2D eigenvalue weighted by Crippen LogP contribution is -2.71. The molecule has 0 aromatic carbocycles. The molecule has 1 aliphatic heterocycles. The highest BCUT2D eigenvalue weighted by Gasteiger charge is 2.58. The average Bonchev–Trinajstić information content (AvgIpc) is 2.53. The average molecular weight is 338 g/mol. The van der Waals surface area contributed by atoms with Crippen LogP contribution in [0.4, 0.5) is 0 Å². The maximum atomic E-state index is 11.9. The molecule has 2 fully saturated rings. The van der Waals surface area contributed by atoms with Gasteiger partial charge in [-0.15, -0.1) is 0 Å². The van der Waals surface area contributed by atoms with Crippen LogP contribution in [0.2, 0.25) is 0 Å². The minimum atomic E-state index is 0.00685. The zero-order chi connectivity index (χ0) is 17.9. The van der Waals surface area contributed by atoms with Crippen molar-refractivity contribution in [2.75, 3.05) is 33.8 Å². The number of hydrogen-bond acceptors (Lipinski definition) is 3. The first kappa shape index (κ1) is 19.0. The highest BCUT2D eigenvalue weighted by atomic mass is 16.5. The number of hydrogen-bond donors (Lipinski definition) is 2. The van der Waals surface area contributed by atoms with Crippen LogP contribution in [-0.2, 0) is 9.53 Å². The van der Waals surface area contributed by atoms with Gasteiger partial charge in [-0.2, -0.15) is 0 Å². The molecule has 0 bridgehead atoms. The summed E-state index contributed by atoms with van der Waals surface area (Å²) in [5.74, 6) is 1.79. The predicted octanol–water partition coefficient (Wildman–Crippen LogP) is 1.47. The first-order chi connectivity index (χ1) is 11.2. The van der Waals surface area contributed by atoms with E-state index in [4.69, 9.17) is 4.74 Å². The second-order valence-corrected chi connectivity index (χ2v) is 8.27. The molecule has 0 radical (unpaired) electrons. The zero-order valence-electron chi connectivity index (χ0n) is 16.1. The molecule has 6 nitrogen and oxygen atoms in total. The Morgan fingerprint density at radius 3 is 2.71 bits per heavy atom. The lowest BCUT2D eigenvalue weighted by atomic mass is 9.55. The zero-order valence-corrected chi connectivity index (χ0v) is 16.1. The fourth-order valence-corrected chi connectivity index (χ4v) is 3.70. The van der Waals surface area contributed by atoms with E-state index in [1.807, 2.05) is 0 Å². The Labute approximate surface area is 146 Å². The molecule has 1 heterocycles. The van der Waals surface area contributed by atoms with Gasteiger partial charge in [-0.05, 0) is 18.8 Å². The summed E-state index contributed by atoms with van der Waals surface area (Å²) in [5.41, 5.74) is 0.0803. The number of amides is 1. The van der Waals surface area contributed by atoms with Crippen LogP contribution >= 0.6 is 0 Å². The third kappa shape index (κ3) is 4.21. The fourth-order valence-electron chi connectivity index (χ4n) is 3.70. The van der Waals surface area contributed by atoms with Crippen LogP contribution in [-0.4, -0.2) is 62.7 Å². The van der Waals surface area contributed by atoms with Gasteiger partial charge in [0, 0.05) is 44.6 Å². The Kier molecular flexibility index (Phi) is 6.12. The van der Waals surface area contributed by atoms with Gasteiger partial charge < -0.3 is 20.3 Å². The summed E-state index contributed by atoms with van der Waals surface area (Å²) in [6.45, 7) is 10.7. The molecule has 0 spiro atoms. The normalized spacial score (nSPS) is 28.8. The van der Waals surface area contributed by atoms with Gasteiger partial charge in [0.15, 0.2) is 5.96 Å². The Morgan fingerprint density at radius 2 is 2.08 bits per heavy atom. The van der Waals surface area contributed by atoms with Crippen molar-refractivity contribution < 1.29 is 9.53 Å². The van der Waals surface area contributed by atoms with Crippen LogP contribution in [0.15, 0.2) is 4.99 Å². The van der Waals surface area contributed by atoms with Crippen molar-refractivity contribution in [3.05, 3.63) is 0 Å². The van der Waals surface area contributed by atoms with Crippen molar-refractivity contribution in [1.29, 1.82) is 0 Å². The Bertz CT molecular complexity index is 474. The van der Waals surface area contributed by atoms with Crippen molar-refractivity contribution >= 4 is 11.9 Å². The maximum Gasteiger partial charge on any atom is 0.243 e. The van der Waals surface area contributed by atoms with Gasteiger partial charge in [-0.3, -0.25) is 4.79 Å². The van der Waals surface area contributed by atoms with Crippen LogP contribution in [0.3, 0.4) is 0 Å². The van der Waals surface area contributed by atoms with Crippen molar-refractivity contribution in [3.8, 4) is 0 Å². The van der Waals surface area contributed by atoms with Gasteiger partial charge in [0.2, 0.25) is 5.91 Å². The quantitative estimate of drug-likeness (QED) is 0.588. The van der Waals surface area contributed by atoms with E-state index in [1.165, 1.54) is 6.42 Å². The summed E-state index contributed by atoms with van der Waals surface area (Å²) < 4.78 is 5.97. The van der Waals surface area contributed by atoms with E-state index < -0.39 is 0 Å². The number of nitrogens with one attached hydrogen (secondary N) is 2. The topological polar surface area (TPSA) is 66.0 Å². The first-order valence-corrected chi connectivity index (χ1v) is 9.10. The molecule has 0 aromatic rings. The Morgan fingerprint density at radius 1 is 1.38 bits per heavy atom. The molecule has 2 N–H and O–H groups in total. The Balaban J connectivity index is 2.03. The molecule has 6 heteroatoms. The lowest BCUT2D eigenvalue weighted by Gasteiger charge is -2.60. The van der Waals surface area contributed by atoms with Crippen LogP contribution in [0.25, 0.3) is 0 Å². The first-order valence-electron chi connectivity index (χ1n) is 9.10. The van der Waals surface area contributed by atoms with Gasteiger partial charge in [0.1, 0.15) is 6.54 Å². The van der Waals surface area contributed by atoms with E-state index in [-0.39, 0.29) is 17.9 Å². The number of fused-ring (bicyclic) bond motifs is 1. The highest BCUT2D eigenvalue weighted by Crippen LogP contribution is 2.51. The van der Waals surface area contributed by atoms with Gasteiger partial charge in [0.25, 0.3) is 0 Å². The third-order valence-corrected chi connectivity index (χ3v) is 5.17. The van der Waals surface area contributed by atoms with Crippen LogP contribution in [0, 0.1) is 17.3 Å². The highest BCUT2D eigenvalue weighted by molar-refractivity contribution is 5.85. The van der Waals surface area contributed by atoms with Gasteiger partial charge >= 0.3 is 0 Å². The van der Waals surface area contributed by atoms with E-state index in [1.54, 1.807) is 19.0 Å². The number of guanidine groups is 1. The molecule has 2 rings (SSSR count). The van der Waals surface area contributed by atoms with E-state index in [2.05, 4.69) is 43.3 Å². The lowest BCUT2D eigenvalue weighted by molar-refractivity contribution is -0.188. The third-order valence-electron chi connectivity index (χ3n) is 5.17. The molecule has 0 aromatic heterocycles. The monoisotopic (exact) mass is 338 g/mol. The maximum absolute atomic E-state index is 11.9. The van der Waals surface area contributed by atoms with Crippen molar-refractivity contribution in [2.24, 2.45) is 22.2 Å².